The molecule has 3 aliphatic rings. The largest absolute Gasteiger partial charge is 0.353 e. The first-order chi connectivity index (χ1) is 12.2. The predicted octanol–water partition coefficient (Wildman–Crippen LogP) is 0.774. The molecule has 1 aromatic rings. The summed E-state index contributed by atoms with van der Waals surface area (Å²) < 4.78 is 0. The van der Waals surface area contributed by atoms with Gasteiger partial charge in [0.15, 0.2) is 5.82 Å². The summed E-state index contributed by atoms with van der Waals surface area (Å²) in [7, 11) is 0. The van der Waals surface area contributed by atoms with Gasteiger partial charge in [0.05, 0.1) is 5.92 Å². The molecule has 1 saturated carbocycles. The summed E-state index contributed by atoms with van der Waals surface area (Å²) in [4.78, 5) is 31.1. The predicted molar refractivity (Wildman–Crippen MR) is 92.9 cm³/mol. The number of rotatable bonds is 4. The Bertz CT molecular complexity index is 634. The van der Waals surface area contributed by atoms with Crippen LogP contribution in [0.2, 0.25) is 0 Å². The van der Waals surface area contributed by atoms with Gasteiger partial charge in [0, 0.05) is 51.9 Å². The minimum atomic E-state index is -0.158. The van der Waals surface area contributed by atoms with E-state index in [9.17, 15) is 9.59 Å². The second-order valence-electron chi connectivity index (χ2n) is 7.39. The van der Waals surface area contributed by atoms with Crippen LogP contribution in [0.1, 0.15) is 25.7 Å². The third kappa shape index (κ3) is 3.75. The number of hydrogen-bond donors (Lipinski definition) is 0. The fraction of sp³-hybridized carbons (Fsp3) is 0.667. The van der Waals surface area contributed by atoms with E-state index in [1.165, 1.54) is 12.8 Å². The average Bonchev–Trinajstić information content (AvgIpc) is 3.41. The topological polar surface area (TPSA) is 69.6 Å². The van der Waals surface area contributed by atoms with Crippen molar-refractivity contribution in [2.45, 2.75) is 25.7 Å². The van der Waals surface area contributed by atoms with Crippen LogP contribution >= 0.6 is 0 Å². The van der Waals surface area contributed by atoms with Crippen LogP contribution in [0.3, 0.4) is 0 Å². The van der Waals surface area contributed by atoms with Crippen molar-refractivity contribution in [3.05, 3.63) is 18.3 Å². The van der Waals surface area contributed by atoms with Crippen molar-refractivity contribution in [1.82, 2.24) is 20.0 Å². The van der Waals surface area contributed by atoms with Crippen molar-refractivity contribution in [2.75, 3.05) is 44.2 Å². The molecule has 1 aromatic heterocycles. The highest BCUT2D eigenvalue weighted by Crippen LogP contribution is 2.32. The Morgan fingerprint density at radius 2 is 2.08 bits per heavy atom. The first-order valence-electron chi connectivity index (χ1n) is 9.30. The maximum atomic E-state index is 12.9. The average molecular weight is 343 g/mol. The summed E-state index contributed by atoms with van der Waals surface area (Å²) in [5.74, 6) is 1.68. The fourth-order valence-electron chi connectivity index (χ4n) is 3.81. The lowest BCUT2D eigenvalue weighted by Crippen LogP contribution is -2.40. The minimum Gasteiger partial charge on any atom is -0.353 e. The Balaban J connectivity index is 1.34. The molecule has 25 heavy (non-hydrogen) atoms. The number of carbonyl (C=O) groups excluding carboxylic acids is 2. The van der Waals surface area contributed by atoms with Gasteiger partial charge in [0.1, 0.15) is 0 Å². The van der Waals surface area contributed by atoms with E-state index < -0.39 is 0 Å². The van der Waals surface area contributed by atoms with E-state index in [1.807, 2.05) is 21.9 Å². The van der Waals surface area contributed by atoms with Crippen LogP contribution in [0.5, 0.6) is 0 Å². The standard InChI is InChI=1S/C18H25N5O2/c24-17-11-15(13-23(17)12-14-4-5-14)18(25)22-8-2-7-21(9-10-22)16-3-1-6-19-20-16/h1,3,6,14-15H,2,4-5,7-13H2. The Kier molecular flexibility index (Phi) is 4.55. The zero-order valence-corrected chi connectivity index (χ0v) is 14.5. The lowest BCUT2D eigenvalue weighted by molar-refractivity contribution is -0.135. The molecule has 2 amide bonds. The van der Waals surface area contributed by atoms with Crippen molar-refractivity contribution >= 4 is 17.6 Å². The van der Waals surface area contributed by atoms with Gasteiger partial charge >= 0.3 is 0 Å². The van der Waals surface area contributed by atoms with E-state index in [0.717, 1.165) is 38.4 Å². The van der Waals surface area contributed by atoms with Gasteiger partial charge in [-0.2, -0.15) is 5.10 Å². The van der Waals surface area contributed by atoms with E-state index in [-0.39, 0.29) is 17.7 Å². The second-order valence-corrected chi connectivity index (χ2v) is 7.39. The fourth-order valence-corrected chi connectivity index (χ4v) is 3.81. The molecule has 2 aliphatic heterocycles. The third-order valence-corrected chi connectivity index (χ3v) is 5.43. The zero-order valence-electron chi connectivity index (χ0n) is 14.5. The molecule has 1 unspecified atom stereocenters. The van der Waals surface area contributed by atoms with Gasteiger partial charge < -0.3 is 14.7 Å². The number of anilines is 1. The number of carbonyl (C=O) groups is 2. The van der Waals surface area contributed by atoms with Crippen LogP contribution in [0.25, 0.3) is 0 Å². The molecule has 0 radical (unpaired) electrons. The van der Waals surface area contributed by atoms with Crippen molar-refractivity contribution in [1.29, 1.82) is 0 Å². The summed E-state index contributed by atoms with van der Waals surface area (Å²) in [5.41, 5.74) is 0. The first kappa shape index (κ1) is 16.3. The van der Waals surface area contributed by atoms with Crippen LogP contribution in [0.4, 0.5) is 5.82 Å². The van der Waals surface area contributed by atoms with E-state index in [4.69, 9.17) is 0 Å². The molecular weight excluding hydrogens is 318 g/mol. The van der Waals surface area contributed by atoms with Gasteiger partial charge in [-0.3, -0.25) is 9.59 Å². The lowest BCUT2D eigenvalue weighted by Gasteiger charge is -2.24. The normalized spacial score (nSPS) is 24.6. The molecule has 1 aliphatic carbocycles. The number of nitrogens with zero attached hydrogens (tertiary/aromatic N) is 5. The lowest BCUT2D eigenvalue weighted by atomic mass is 10.1. The van der Waals surface area contributed by atoms with Crippen LogP contribution in [-0.2, 0) is 9.59 Å². The molecule has 7 heteroatoms. The van der Waals surface area contributed by atoms with Crippen LogP contribution in [0, 0.1) is 11.8 Å². The first-order valence-corrected chi connectivity index (χ1v) is 9.30. The van der Waals surface area contributed by atoms with Crippen molar-refractivity contribution in [2.24, 2.45) is 11.8 Å². The molecule has 7 nitrogen and oxygen atoms in total. The molecule has 4 rings (SSSR count). The minimum absolute atomic E-state index is 0.146. The van der Waals surface area contributed by atoms with Gasteiger partial charge in [-0.15, -0.1) is 5.10 Å². The molecule has 0 aromatic carbocycles. The highest BCUT2D eigenvalue weighted by molar-refractivity contribution is 5.89. The molecule has 134 valence electrons. The van der Waals surface area contributed by atoms with Crippen molar-refractivity contribution in [3.8, 4) is 0 Å². The third-order valence-electron chi connectivity index (χ3n) is 5.43. The molecule has 0 bridgehead atoms. The Hall–Kier alpha value is -2.18. The SMILES string of the molecule is O=C1CC(C(=O)N2CCCN(c3cccnn3)CC2)CN1CC1CC1. The molecule has 0 spiro atoms. The van der Waals surface area contributed by atoms with E-state index in [2.05, 4.69) is 15.1 Å². The maximum Gasteiger partial charge on any atom is 0.228 e. The van der Waals surface area contributed by atoms with Gasteiger partial charge in [0.25, 0.3) is 0 Å². The van der Waals surface area contributed by atoms with Crippen molar-refractivity contribution < 1.29 is 9.59 Å². The second kappa shape index (κ2) is 6.98. The molecule has 0 N–H and O–H groups in total. The Morgan fingerprint density at radius 1 is 1.20 bits per heavy atom. The quantitative estimate of drug-likeness (QED) is 0.808. The molecular formula is C18H25N5O2. The smallest absolute Gasteiger partial charge is 0.228 e. The molecule has 3 fully saturated rings. The summed E-state index contributed by atoms with van der Waals surface area (Å²) in [5, 5.41) is 8.10. The van der Waals surface area contributed by atoms with Gasteiger partial charge in [-0.1, -0.05) is 0 Å². The molecule has 1 atom stereocenters. The highest BCUT2D eigenvalue weighted by Gasteiger charge is 2.38. The maximum absolute atomic E-state index is 12.9. The van der Waals surface area contributed by atoms with E-state index in [0.29, 0.717) is 25.4 Å². The van der Waals surface area contributed by atoms with Crippen LogP contribution < -0.4 is 4.90 Å². The summed E-state index contributed by atoms with van der Waals surface area (Å²) >= 11 is 0. The van der Waals surface area contributed by atoms with E-state index >= 15 is 0 Å². The molecule has 3 heterocycles. The van der Waals surface area contributed by atoms with E-state index in [1.54, 1.807) is 6.20 Å². The van der Waals surface area contributed by atoms with Gasteiger partial charge in [0.2, 0.25) is 11.8 Å². The summed E-state index contributed by atoms with van der Waals surface area (Å²) in [6.45, 7) is 4.53. The number of likely N-dealkylation sites (tertiary alicyclic amines) is 1. The molecule has 2 saturated heterocycles. The summed E-state index contributed by atoms with van der Waals surface area (Å²) in [6, 6.07) is 3.84. The number of aromatic nitrogens is 2. The van der Waals surface area contributed by atoms with Crippen molar-refractivity contribution in [3.63, 3.8) is 0 Å². The Labute approximate surface area is 148 Å². The van der Waals surface area contributed by atoms with Gasteiger partial charge in [-0.05, 0) is 37.3 Å². The Morgan fingerprint density at radius 3 is 2.84 bits per heavy atom. The zero-order chi connectivity index (χ0) is 17.2. The number of amides is 2. The highest BCUT2D eigenvalue weighted by atomic mass is 16.2. The summed E-state index contributed by atoms with van der Waals surface area (Å²) in [6.07, 6.45) is 5.42. The monoisotopic (exact) mass is 343 g/mol. The van der Waals surface area contributed by atoms with Gasteiger partial charge in [-0.25, -0.2) is 0 Å². The number of hydrogen-bond acceptors (Lipinski definition) is 5. The van der Waals surface area contributed by atoms with Crippen LogP contribution in [0.15, 0.2) is 18.3 Å². The van der Waals surface area contributed by atoms with Crippen LogP contribution in [-0.4, -0.2) is 71.1 Å².